The highest BCUT2D eigenvalue weighted by Crippen LogP contribution is 2.33. The van der Waals surface area contributed by atoms with E-state index in [2.05, 4.69) is 5.32 Å². The van der Waals surface area contributed by atoms with Gasteiger partial charge in [-0.2, -0.15) is 0 Å². The standard InChI is InChI=1S/C26H34N2O4/c1-5-23(20-9-7-6-8-10-20)24(29)28-13-11-26(2,12-14-28)25(30)27-18-19-15-21(31-3)17-22(16-19)32-4/h6-10,15-17,23H,5,11-14,18H2,1-4H3,(H,27,30)/t23-/m0/s1. The molecule has 1 atom stereocenters. The number of carbonyl (C=O) groups excluding carboxylic acids is 2. The predicted molar refractivity (Wildman–Crippen MR) is 125 cm³/mol. The third-order valence-electron chi connectivity index (χ3n) is 6.50. The summed E-state index contributed by atoms with van der Waals surface area (Å²) in [7, 11) is 3.21. The Morgan fingerprint density at radius 1 is 1.03 bits per heavy atom. The summed E-state index contributed by atoms with van der Waals surface area (Å²) in [6.07, 6.45) is 2.07. The molecule has 6 heteroatoms. The van der Waals surface area contributed by atoms with Crippen LogP contribution in [0, 0.1) is 5.41 Å². The summed E-state index contributed by atoms with van der Waals surface area (Å²) in [6, 6.07) is 15.5. The van der Waals surface area contributed by atoms with Gasteiger partial charge in [0.1, 0.15) is 11.5 Å². The van der Waals surface area contributed by atoms with Crippen LogP contribution in [0.2, 0.25) is 0 Å². The van der Waals surface area contributed by atoms with Crippen molar-refractivity contribution >= 4 is 11.8 Å². The molecule has 0 aliphatic carbocycles. The molecule has 2 aromatic rings. The fourth-order valence-electron chi connectivity index (χ4n) is 4.27. The zero-order valence-corrected chi connectivity index (χ0v) is 19.5. The zero-order valence-electron chi connectivity index (χ0n) is 19.5. The molecule has 3 rings (SSSR count). The molecular formula is C26H34N2O4. The molecule has 0 bridgehead atoms. The van der Waals surface area contributed by atoms with Crippen molar-refractivity contribution in [3.05, 3.63) is 59.7 Å². The van der Waals surface area contributed by atoms with E-state index in [9.17, 15) is 9.59 Å². The summed E-state index contributed by atoms with van der Waals surface area (Å²) in [5, 5.41) is 3.06. The van der Waals surface area contributed by atoms with E-state index >= 15 is 0 Å². The second-order valence-electron chi connectivity index (χ2n) is 8.66. The van der Waals surface area contributed by atoms with Crippen LogP contribution in [0.3, 0.4) is 0 Å². The highest BCUT2D eigenvalue weighted by atomic mass is 16.5. The zero-order chi connectivity index (χ0) is 23.1. The fraction of sp³-hybridized carbons (Fsp3) is 0.462. The summed E-state index contributed by atoms with van der Waals surface area (Å²) in [5.41, 5.74) is 1.48. The van der Waals surface area contributed by atoms with Gasteiger partial charge in [0, 0.05) is 31.1 Å². The second kappa shape index (κ2) is 10.5. The molecule has 1 N–H and O–H groups in total. The van der Waals surface area contributed by atoms with Crippen molar-refractivity contribution in [2.45, 2.75) is 45.6 Å². The Kier molecular flexibility index (Phi) is 7.78. The first kappa shape index (κ1) is 23.6. The predicted octanol–water partition coefficient (Wildman–Crippen LogP) is 4.14. The largest absolute Gasteiger partial charge is 0.497 e. The van der Waals surface area contributed by atoms with Gasteiger partial charge in [-0.15, -0.1) is 0 Å². The van der Waals surface area contributed by atoms with E-state index in [4.69, 9.17) is 9.47 Å². The van der Waals surface area contributed by atoms with Crippen LogP contribution in [0.4, 0.5) is 0 Å². The molecule has 1 fully saturated rings. The normalized spacial score (nSPS) is 16.2. The molecule has 1 aliphatic heterocycles. The number of likely N-dealkylation sites (tertiary alicyclic amines) is 1. The molecule has 1 heterocycles. The Labute approximate surface area is 190 Å². The molecule has 6 nitrogen and oxygen atoms in total. The molecule has 0 saturated carbocycles. The molecule has 2 aromatic carbocycles. The Bertz CT molecular complexity index is 898. The molecule has 1 saturated heterocycles. The number of amides is 2. The monoisotopic (exact) mass is 438 g/mol. The summed E-state index contributed by atoms with van der Waals surface area (Å²) in [4.78, 5) is 28.1. The molecular weight excluding hydrogens is 404 g/mol. The summed E-state index contributed by atoms with van der Waals surface area (Å²) < 4.78 is 10.6. The van der Waals surface area contributed by atoms with Crippen molar-refractivity contribution in [3.63, 3.8) is 0 Å². The first-order valence-corrected chi connectivity index (χ1v) is 11.2. The van der Waals surface area contributed by atoms with Crippen LogP contribution in [-0.4, -0.2) is 44.0 Å². The van der Waals surface area contributed by atoms with Crippen molar-refractivity contribution in [3.8, 4) is 11.5 Å². The van der Waals surface area contributed by atoms with Gasteiger partial charge in [0.05, 0.1) is 20.1 Å². The van der Waals surface area contributed by atoms with E-state index in [0.717, 1.165) is 17.5 Å². The number of ether oxygens (including phenoxy) is 2. The lowest BCUT2D eigenvalue weighted by atomic mass is 9.79. The molecule has 1 aliphatic rings. The number of nitrogens with one attached hydrogen (secondary N) is 1. The van der Waals surface area contributed by atoms with Crippen molar-refractivity contribution in [1.82, 2.24) is 10.2 Å². The van der Waals surface area contributed by atoms with E-state index in [0.29, 0.717) is 44.0 Å². The minimum Gasteiger partial charge on any atom is -0.497 e. The van der Waals surface area contributed by atoms with Crippen molar-refractivity contribution in [2.24, 2.45) is 5.41 Å². The number of nitrogens with zero attached hydrogens (tertiary/aromatic N) is 1. The van der Waals surface area contributed by atoms with Gasteiger partial charge in [0.2, 0.25) is 11.8 Å². The van der Waals surface area contributed by atoms with Crippen LogP contribution < -0.4 is 14.8 Å². The lowest BCUT2D eigenvalue weighted by Crippen LogP contribution is -2.49. The minimum absolute atomic E-state index is 0.0153. The molecule has 172 valence electrons. The third kappa shape index (κ3) is 5.42. The lowest BCUT2D eigenvalue weighted by Gasteiger charge is -2.39. The number of methoxy groups -OCH3 is 2. The molecule has 0 radical (unpaired) electrons. The first-order valence-electron chi connectivity index (χ1n) is 11.2. The van der Waals surface area contributed by atoms with Gasteiger partial charge in [-0.25, -0.2) is 0 Å². The Balaban J connectivity index is 1.58. The Morgan fingerprint density at radius 3 is 2.16 bits per heavy atom. The third-order valence-corrected chi connectivity index (χ3v) is 6.50. The SMILES string of the molecule is CC[C@H](C(=O)N1CCC(C)(C(=O)NCc2cc(OC)cc(OC)c2)CC1)c1ccccc1. The maximum atomic E-state index is 13.1. The van der Waals surface area contributed by atoms with E-state index in [1.807, 2.05) is 61.2 Å². The maximum Gasteiger partial charge on any atom is 0.230 e. The molecule has 32 heavy (non-hydrogen) atoms. The van der Waals surface area contributed by atoms with Gasteiger partial charge in [-0.3, -0.25) is 9.59 Å². The van der Waals surface area contributed by atoms with Crippen LogP contribution in [0.25, 0.3) is 0 Å². The van der Waals surface area contributed by atoms with Gasteiger partial charge in [0.15, 0.2) is 0 Å². The Hall–Kier alpha value is -3.02. The van der Waals surface area contributed by atoms with Crippen molar-refractivity contribution < 1.29 is 19.1 Å². The lowest BCUT2D eigenvalue weighted by molar-refractivity contribution is -0.140. The van der Waals surface area contributed by atoms with Gasteiger partial charge >= 0.3 is 0 Å². The van der Waals surface area contributed by atoms with E-state index < -0.39 is 5.41 Å². The average Bonchev–Trinajstić information content (AvgIpc) is 2.83. The van der Waals surface area contributed by atoms with Gasteiger partial charge in [-0.1, -0.05) is 44.2 Å². The van der Waals surface area contributed by atoms with Crippen LogP contribution >= 0.6 is 0 Å². The van der Waals surface area contributed by atoms with Crippen LogP contribution in [0.5, 0.6) is 11.5 Å². The quantitative estimate of drug-likeness (QED) is 0.673. The number of piperidine rings is 1. The second-order valence-corrected chi connectivity index (χ2v) is 8.66. The van der Waals surface area contributed by atoms with E-state index in [1.54, 1.807) is 20.3 Å². The van der Waals surface area contributed by atoms with Gasteiger partial charge in [0.25, 0.3) is 0 Å². The van der Waals surface area contributed by atoms with Crippen molar-refractivity contribution in [1.29, 1.82) is 0 Å². The summed E-state index contributed by atoms with van der Waals surface area (Å²) in [5.74, 6) is 1.43. The smallest absolute Gasteiger partial charge is 0.230 e. The summed E-state index contributed by atoms with van der Waals surface area (Å²) >= 11 is 0. The number of carbonyl (C=O) groups is 2. The number of hydrogen-bond acceptors (Lipinski definition) is 4. The number of rotatable bonds is 8. The topological polar surface area (TPSA) is 67.9 Å². The van der Waals surface area contributed by atoms with Crippen LogP contribution in [-0.2, 0) is 16.1 Å². The highest BCUT2D eigenvalue weighted by Gasteiger charge is 2.39. The number of hydrogen-bond donors (Lipinski definition) is 1. The van der Waals surface area contributed by atoms with Crippen molar-refractivity contribution in [2.75, 3.05) is 27.3 Å². The maximum absolute atomic E-state index is 13.1. The van der Waals surface area contributed by atoms with E-state index in [-0.39, 0.29) is 17.7 Å². The van der Waals surface area contributed by atoms with Gasteiger partial charge < -0.3 is 19.7 Å². The highest BCUT2D eigenvalue weighted by molar-refractivity contribution is 5.85. The Morgan fingerprint density at radius 2 is 1.62 bits per heavy atom. The van der Waals surface area contributed by atoms with E-state index in [1.165, 1.54) is 0 Å². The molecule has 2 amide bonds. The summed E-state index contributed by atoms with van der Waals surface area (Å²) in [6.45, 7) is 5.63. The first-order chi connectivity index (χ1) is 15.4. The number of benzene rings is 2. The van der Waals surface area contributed by atoms with Gasteiger partial charge in [-0.05, 0) is 42.5 Å². The van der Waals surface area contributed by atoms with Crippen LogP contribution in [0.1, 0.15) is 50.2 Å². The molecule has 0 spiro atoms. The average molecular weight is 439 g/mol. The minimum atomic E-state index is -0.492. The molecule has 0 aromatic heterocycles. The molecule has 0 unspecified atom stereocenters. The fourth-order valence-corrected chi connectivity index (χ4v) is 4.27. The van der Waals surface area contributed by atoms with Crippen LogP contribution in [0.15, 0.2) is 48.5 Å².